The summed E-state index contributed by atoms with van der Waals surface area (Å²) in [5.74, 6) is 2.14. The van der Waals surface area contributed by atoms with Crippen molar-refractivity contribution < 1.29 is 16.2 Å². The molecule has 0 aliphatic heterocycles. The molecule has 10 aromatic rings. The Balaban J connectivity index is 1.19. The standard InChI is InChI=1S/C65H66N4O/c1-62(2,3)41-43-28-31-57-59(34-43)67(42-68(57)61-52(44-20-14-13-15-21-44)25-19-26-53(61)45-35-47(64(7,8)9)37-48(36-45)65(10,11)12)49-22-18-23-50(39-49)70-51-29-30-55-54-24-16-17-27-56(54)69(58(55)40-51)60-38-46(32-33-66-60)63(4,5)6/h13-40H,41H2,1-12H3/i13D,14D,15D,20D,21D. The van der Waals surface area contributed by atoms with Crippen LogP contribution in [0.15, 0.2) is 170 Å². The summed E-state index contributed by atoms with van der Waals surface area (Å²) in [6, 6.07) is 44.3. The predicted octanol–water partition coefficient (Wildman–Crippen LogP) is 16.8. The summed E-state index contributed by atoms with van der Waals surface area (Å²) in [6.07, 6.45) is 6.50. The summed E-state index contributed by atoms with van der Waals surface area (Å²) in [7, 11) is 0. The molecule has 0 N–H and O–H groups in total. The van der Waals surface area contributed by atoms with E-state index < -0.39 is 6.04 Å². The molecule has 0 fully saturated rings. The Hall–Kier alpha value is -7.24. The maximum atomic E-state index is 9.31. The molecule has 0 amide bonds. The fraction of sp³-hybridized carbons (Fsp3) is 0.262. The first kappa shape index (κ1) is 40.6. The molecule has 10 rings (SSSR count). The van der Waals surface area contributed by atoms with Crippen molar-refractivity contribution in [2.24, 2.45) is 5.41 Å². The molecule has 0 aliphatic rings. The van der Waals surface area contributed by atoms with Crippen molar-refractivity contribution in [3.05, 3.63) is 198 Å². The highest BCUT2D eigenvalue weighted by Crippen LogP contribution is 2.40. The number of benzene rings is 7. The van der Waals surface area contributed by atoms with Gasteiger partial charge in [0, 0.05) is 23.0 Å². The van der Waals surface area contributed by atoms with Crippen molar-refractivity contribution in [3.8, 4) is 50.9 Å². The smallest absolute Gasteiger partial charge is 0.269 e. The predicted molar refractivity (Wildman–Crippen MR) is 292 cm³/mol. The molecule has 0 bridgehead atoms. The fourth-order valence-electron chi connectivity index (χ4n) is 9.58. The summed E-state index contributed by atoms with van der Waals surface area (Å²) in [4.78, 5) is 4.89. The SMILES string of the molecule is [2H]c1c([2H])c([2H])c(-c2cccc(-c3cc(C(C)(C)C)cc(C(C)(C)C)c3)c2-[n+]2[c-]n(-c3cccc(Oc4ccc5c6ccccc6n(-c6cc(C(C)(C)C)ccn6)c5c4)c3)c3cc(CC(C)(C)C)ccc32)c([2H])c1[2H]. The summed E-state index contributed by atoms with van der Waals surface area (Å²) in [6.45, 7) is 26.7. The molecule has 0 aliphatic carbocycles. The van der Waals surface area contributed by atoms with E-state index in [4.69, 9.17) is 13.8 Å². The van der Waals surface area contributed by atoms with E-state index in [0.29, 0.717) is 22.7 Å². The number of para-hydroxylation sites is 2. The number of hydrogen-bond donors (Lipinski definition) is 0. The van der Waals surface area contributed by atoms with Crippen LogP contribution >= 0.6 is 0 Å². The molecule has 0 unspecified atom stereocenters. The number of pyridine rings is 1. The van der Waals surface area contributed by atoms with Crippen molar-refractivity contribution >= 4 is 32.8 Å². The first-order chi connectivity index (χ1) is 35.3. The first-order valence-corrected chi connectivity index (χ1v) is 24.4. The Morgan fingerprint density at radius 1 is 0.557 bits per heavy atom. The highest BCUT2D eigenvalue weighted by molar-refractivity contribution is 6.09. The van der Waals surface area contributed by atoms with E-state index in [0.717, 1.165) is 78.6 Å². The van der Waals surface area contributed by atoms with Gasteiger partial charge in [0.1, 0.15) is 17.3 Å². The number of rotatable bonds is 8. The molecule has 5 heteroatoms. The minimum atomic E-state index is -0.436. The van der Waals surface area contributed by atoms with E-state index in [2.05, 4.69) is 190 Å². The number of ether oxygens (including phenoxy) is 1. The van der Waals surface area contributed by atoms with Crippen LogP contribution in [0, 0.1) is 11.7 Å². The fourth-order valence-corrected chi connectivity index (χ4v) is 9.58. The molecule has 0 radical (unpaired) electrons. The van der Waals surface area contributed by atoms with Gasteiger partial charge in [0.2, 0.25) is 0 Å². The van der Waals surface area contributed by atoms with Gasteiger partial charge in [-0.1, -0.05) is 192 Å². The third-order valence-corrected chi connectivity index (χ3v) is 13.3. The van der Waals surface area contributed by atoms with E-state index in [1.807, 2.05) is 53.2 Å². The Bertz CT molecular complexity index is 3830. The van der Waals surface area contributed by atoms with Gasteiger partial charge in [-0.3, -0.25) is 13.7 Å². The van der Waals surface area contributed by atoms with Gasteiger partial charge in [-0.2, -0.15) is 0 Å². The van der Waals surface area contributed by atoms with E-state index in [1.54, 1.807) is 0 Å². The third-order valence-electron chi connectivity index (χ3n) is 13.3. The monoisotopic (exact) mass is 924 g/mol. The minimum Gasteiger partial charge on any atom is -0.458 e. The van der Waals surface area contributed by atoms with Crippen molar-refractivity contribution in [3.63, 3.8) is 0 Å². The first-order valence-electron chi connectivity index (χ1n) is 26.9. The highest BCUT2D eigenvalue weighted by Gasteiger charge is 2.26. The lowest BCUT2D eigenvalue weighted by atomic mass is 9.78. The van der Waals surface area contributed by atoms with Crippen LogP contribution in [0.5, 0.6) is 11.5 Å². The van der Waals surface area contributed by atoms with E-state index in [-0.39, 0.29) is 51.4 Å². The Labute approximate surface area is 422 Å². The van der Waals surface area contributed by atoms with Crippen LogP contribution in [-0.4, -0.2) is 14.1 Å². The number of fused-ring (bicyclic) bond motifs is 4. The van der Waals surface area contributed by atoms with Gasteiger partial charge >= 0.3 is 0 Å². The summed E-state index contributed by atoms with van der Waals surface area (Å²) in [5.41, 5.74) is 11.8. The van der Waals surface area contributed by atoms with Crippen molar-refractivity contribution in [1.82, 2.24) is 14.1 Å². The molecule has 5 nitrogen and oxygen atoms in total. The number of imidazole rings is 1. The Morgan fingerprint density at radius 2 is 1.21 bits per heavy atom. The second kappa shape index (κ2) is 17.3. The van der Waals surface area contributed by atoms with Crippen LogP contribution in [0.3, 0.4) is 0 Å². The Kier molecular flexibility index (Phi) is 10.0. The Morgan fingerprint density at radius 3 is 1.91 bits per heavy atom. The van der Waals surface area contributed by atoms with Gasteiger partial charge in [0.15, 0.2) is 0 Å². The highest BCUT2D eigenvalue weighted by atomic mass is 16.5. The summed E-state index contributed by atoms with van der Waals surface area (Å²) < 4.78 is 57.9. The molecule has 7 aromatic carbocycles. The van der Waals surface area contributed by atoms with Crippen molar-refractivity contribution in [2.75, 3.05) is 0 Å². The molecule has 0 saturated carbocycles. The van der Waals surface area contributed by atoms with Gasteiger partial charge in [-0.25, -0.2) is 4.98 Å². The molecular formula is C65H66N4O. The van der Waals surface area contributed by atoms with Gasteiger partial charge in [-0.05, 0) is 122 Å². The van der Waals surface area contributed by atoms with Crippen LogP contribution in [0.25, 0.3) is 72.3 Å². The van der Waals surface area contributed by atoms with Gasteiger partial charge in [-0.15, -0.1) is 0 Å². The van der Waals surface area contributed by atoms with Crippen LogP contribution in [0.4, 0.5) is 0 Å². The zero-order chi connectivity index (χ0) is 53.7. The van der Waals surface area contributed by atoms with Crippen molar-refractivity contribution in [2.45, 2.75) is 106 Å². The van der Waals surface area contributed by atoms with Gasteiger partial charge in [0.25, 0.3) is 6.33 Å². The van der Waals surface area contributed by atoms with E-state index in [1.165, 1.54) is 5.56 Å². The second-order valence-corrected chi connectivity index (χ2v) is 23.1. The molecule has 0 spiro atoms. The molecule has 70 heavy (non-hydrogen) atoms. The lowest BCUT2D eigenvalue weighted by molar-refractivity contribution is -0.571. The molecule has 352 valence electrons. The average molecular weight is 924 g/mol. The average Bonchev–Trinajstić information content (AvgIpc) is 3.91. The maximum Gasteiger partial charge on any atom is 0.269 e. The molecule has 0 saturated heterocycles. The van der Waals surface area contributed by atoms with Crippen LogP contribution < -0.4 is 9.30 Å². The quantitative estimate of drug-likeness (QED) is 0.112. The molecule has 3 heterocycles. The molecule has 0 atom stereocenters. The minimum absolute atomic E-state index is 0.000403. The number of aromatic nitrogens is 4. The zero-order valence-electron chi connectivity index (χ0n) is 47.7. The summed E-state index contributed by atoms with van der Waals surface area (Å²) in [5, 5.41) is 2.23. The zero-order valence-corrected chi connectivity index (χ0v) is 42.7. The largest absolute Gasteiger partial charge is 0.458 e. The third kappa shape index (κ3) is 9.06. The number of hydrogen-bond acceptors (Lipinski definition) is 2. The number of nitrogens with zero attached hydrogens (tertiary/aromatic N) is 4. The second-order valence-electron chi connectivity index (χ2n) is 23.1. The van der Waals surface area contributed by atoms with Gasteiger partial charge in [0.05, 0.1) is 40.3 Å². The summed E-state index contributed by atoms with van der Waals surface area (Å²) >= 11 is 0. The van der Waals surface area contributed by atoms with Crippen molar-refractivity contribution in [1.29, 1.82) is 0 Å². The van der Waals surface area contributed by atoms with E-state index in [9.17, 15) is 2.74 Å². The van der Waals surface area contributed by atoms with Gasteiger partial charge < -0.3 is 4.74 Å². The van der Waals surface area contributed by atoms with E-state index >= 15 is 0 Å². The lowest BCUT2D eigenvalue weighted by Crippen LogP contribution is -2.31. The van der Waals surface area contributed by atoms with Crippen LogP contribution in [0.1, 0.15) is 112 Å². The van der Waals surface area contributed by atoms with Crippen LogP contribution in [-0.2, 0) is 22.7 Å². The normalized spacial score (nSPS) is 13.6. The van der Waals surface area contributed by atoms with Crippen LogP contribution in [0.2, 0.25) is 0 Å². The topological polar surface area (TPSA) is 35.9 Å². The molecule has 3 aromatic heterocycles. The maximum absolute atomic E-state index is 9.31. The molecular weight excluding hydrogens is 853 g/mol. The lowest BCUT2D eigenvalue weighted by Gasteiger charge is -2.27.